The summed E-state index contributed by atoms with van der Waals surface area (Å²) in [5.74, 6) is 0. The Morgan fingerprint density at radius 2 is 1.78 bits per heavy atom. The van der Waals surface area contributed by atoms with Crippen LogP contribution < -0.4 is 0 Å². The summed E-state index contributed by atoms with van der Waals surface area (Å²) in [7, 11) is 0. The van der Waals surface area contributed by atoms with Crippen LogP contribution in [0.5, 0.6) is 0 Å². The van der Waals surface area contributed by atoms with E-state index in [1.165, 1.54) is 49.9 Å². The molecule has 1 heterocycles. The van der Waals surface area contributed by atoms with Crippen molar-refractivity contribution >= 4 is 0 Å². The van der Waals surface area contributed by atoms with E-state index in [-0.39, 0.29) is 0 Å². The molecule has 1 saturated heterocycles. The van der Waals surface area contributed by atoms with Crippen molar-refractivity contribution < 1.29 is 0 Å². The summed E-state index contributed by atoms with van der Waals surface area (Å²) in [5, 5.41) is 0. The Morgan fingerprint density at radius 3 is 2.33 bits per heavy atom. The van der Waals surface area contributed by atoms with E-state index in [0.717, 1.165) is 6.54 Å². The molecule has 1 aromatic rings. The van der Waals surface area contributed by atoms with Gasteiger partial charge >= 0.3 is 0 Å². The van der Waals surface area contributed by atoms with Crippen LogP contribution in [0.25, 0.3) is 0 Å². The van der Waals surface area contributed by atoms with Crippen molar-refractivity contribution in [3.05, 3.63) is 35.4 Å². The lowest BCUT2D eigenvalue weighted by molar-refractivity contribution is 0.0909. The molecule has 0 N–H and O–H groups in total. The summed E-state index contributed by atoms with van der Waals surface area (Å²) >= 11 is 0. The Labute approximate surface area is 112 Å². The largest absolute Gasteiger partial charge is 0.299 e. The molecule has 1 aliphatic heterocycles. The van der Waals surface area contributed by atoms with Crippen LogP contribution in [0.2, 0.25) is 0 Å². The lowest BCUT2D eigenvalue weighted by atomic mass is 9.74. The Kier molecular flexibility index (Phi) is 4.45. The highest BCUT2D eigenvalue weighted by Gasteiger charge is 2.30. The van der Waals surface area contributed by atoms with E-state index in [1.54, 1.807) is 0 Å². The summed E-state index contributed by atoms with van der Waals surface area (Å²) < 4.78 is 0. The molecule has 0 spiro atoms. The summed E-state index contributed by atoms with van der Waals surface area (Å²) in [6.07, 6.45) is 5.46. The van der Waals surface area contributed by atoms with Gasteiger partial charge in [-0.05, 0) is 43.8 Å². The van der Waals surface area contributed by atoms with Gasteiger partial charge in [-0.2, -0.15) is 0 Å². The highest BCUT2D eigenvalue weighted by molar-refractivity contribution is 5.22. The monoisotopic (exact) mass is 245 g/mol. The number of benzene rings is 1. The molecule has 1 aromatic carbocycles. The fraction of sp³-hybridized carbons (Fsp3) is 0.647. The second kappa shape index (κ2) is 5.88. The molecule has 100 valence electrons. The molecule has 0 amide bonds. The van der Waals surface area contributed by atoms with Crippen molar-refractivity contribution in [3.8, 4) is 0 Å². The minimum Gasteiger partial charge on any atom is -0.299 e. The predicted octanol–water partition coefficient (Wildman–Crippen LogP) is 4.40. The number of likely N-dealkylation sites (tertiary alicyclic amines) is 1. The van der Waals surface area contributed by atoms with Crippen LogP contribution in [-0.2, 0) is 6.54 Å². The van der Waals surface area contributed by atoms with Gasteiger partial charge < -0.3 is 0 Å². The predicted molar refractivity (Wildman–Crippen MR) is 78.7 cm³/mol. The molecule has 0 unspecified atom stereocenters. The molecule has 0 radical (unpaired) electrons. The molecule has 18 heavy (non-hydrogen) atoms. The minimum atomic E-state index is 0.642. The first-order valence-corrected chi connectivity index (χ1v) is 7.45. The van der Waals surface area contributed by atoms with Gasteiger partial charge in [0.25, 0.3) is 0 Å². The van der Waals surface area contributed by atoms with Gasteiger partial charge in [-0.15, -0.1) is 0 Å². The molecule has 1 heteroatoms. The van der Waals surface area contributed by atoms with Crippen molar-refractivity contribution in [1.29, 1.82) is 0 Å². The van der Waals surface area contributed by atoms with Crippen molar-refractivity contribution in [2.75, 3.05) is 13.1 Å². The number of hydrogen-bond acceptors (Lipinski definition) is 1. The van der Waals surface area contributed by atoms with Crippen molar-refractivity contribution in [3.63, 3.8) is 0 Å². The van der Waals surface area contributed by atoms with Gasteiger partial charge in [0, 0.05) is 6.54 Å². The second-order valence-electron chi connectivity index (χ2n) is 5.97. The molecule has 2 rings (SSSR count). The second-order valence-corrected chi connectivity index (χ2v) is 5.97. The van der Waals surface area contributed by atoms with Gasteiger partial charge in [-0.3, -0.25) is 4.90 Å². The minimum absolute atomic E-state index is 0.642. The Balaban J connectivity index is 1.91. The van der Waals surface area contributed by atoms with E-state index >= 15 is 0 Å². The zero-order chi connectivity index (χ0) is 13.0. The van der Waals surface area contributed by atoms with Gasteiger partial charge in [0.15, 0.2) is 0 Å². The van der Waals surface area contributed by atoms with Crippen LogP contribution in [0.3, 0.4) is 0 Å². The number of rotatable bonds is 4. The third-order valence-corrected chi connectivity index (χ3v) is 4.91. The summed E-state index contributed by atoms with van der Waals surface area (Å²) in [4.78, 5) is 2.62. The van der Waals surface area contributed by atoms with Crippen molar-refractivity contribution in [1.82, 2.24) is 4.90 Å². The van der Waals surface area contributed by atoms with E-state index in [4.69, 9.17) is 0 Å². The molecular weight excluding hydrogens is 218 g/mol. The molecule has 1 fully saturated rings. The Morgan fingerprint density at radius 1 is 1.11 bits per heavy atom. The zero-order valence-electron chi connectivity index (χ0n) is 12.2. The molecule has 0 aliphatic carbocycles. The van der Waals surface area contributed by atoms with Gasteiger partial charge in [0.05, 0.1) is 0 Å². The van der Waals surface area contributed by atoms with Gasteiger partial charge in [0.2, 0.25) is 0 Å². The Bertz CT molecular complexity index is 369. The van der Waals surface area contributed by atoms with Gasteiger partial charge in [-0.25, -0.2) is 0 Å². The summed E-state index contributed by atoms with van der Waals surface area (Å²) in [5.41, 5.74) is 3.49. The first-order chi connectivity index (χ1) is 8.67. The molecule has 0 atom stereocenters. The van der Waals surface area contributed by atoms with Crippen molar-refractivity contribution in [2.24, 2.45) is 5.41 Å². The molecule has 0 bridgehead atoms. The van der Waals surface area contributed by atoms with Crippen molar-refractivity contribution in [2.45, 2.75) is 53.0 Å². The van der Waals surface area contributed by atoms with E-state index < -0.39 is 0 Å². The van der Waals surface area contributed by atoms with E-state index in [2.05, 4.69) is 49.9 Å². The molecule has 0 saturated carbocycles. The fourth-order valence-electron chi connectivity index (χ4n) is 3.21. The molecule has 1 aliphatic rings. The lowest BCUT2D eigenvalue weighted by Crippen LogP contribution is -2.39. The maximum atomic E-state index is 2.62. The van der Waals surface area contributed by atoms with Crippen LogP contribution in [0.15, 0.2) is 24.3 Å². The SMILES string of the molecule is CCC1(CC)CCN(Cc2cccc(C)c2)CC1. The quantitative estimate of drug-likeness (QED) is 0.760. The average Bonchev–Trinajstić information content (AvgIpc) is 2.40. The van der Waals surface area contributed by atoms with E-state index in [0.29, 0.717) is 5.41 Å². The van der Waals surface area contributed by atoms with Crippen LogP contribution >= 0.6 is 0 Å². The smallest absolute Gasteiger partial charge is 0.0233 e. The standard InChI is InChI=1S/C17H27N/c1-4-17(5-2)9-11-18(12-10-17)14-16-8-6-7-15(3)13-16/h6-8,13H,4-5,9-12,14H2,1-3H3. The van der Waals surface area contributed by atoms with E-state index in [9.17, 15) is 0 Å². The number of nitrogens with zero attached hydrogens (tertiary/aromatic N) is 1. The molecular formula is C17H27N. The topological polar surface area (TPSA) is 3.24 Å². The zero-order valence-corrected chi connectivity index (χ0v) is 12.2. The van der Waals surface area contributed by atoms with Crippen LogP contribution in [0.1, 0.15) is 50.7 Å². The molecule has 1 nitrogen and oxygen atoms in total. The first kappa shape index (κ1) is 13.6. The highest BCUT2D eigenvalue weighted by atomic mass is 15.1. The normalized spacial score (nSPS) is 19.9. The third-order valence-electron chi connectivity index (χ3n) is 4.91. The fourth-order valence-corrected chi connectivity index (χ4v) is 3.21. The summed E-state index contributed by atoms with van der Waals surface area (Å²) in [6.45, 7) is 10.6. The number of hydrogen-bond donors (Lipinski definition) is 0. The molecule has 0 aromatic heterocycles. The first-order valence-electron chi connectivity index (χ1n) is 7.45. The maximum Gasteiger partial charge on any atom is 0.0233 e. The maximum absolute atomic E-state index is 2.62. The Hall–Kier alpha value is -0.820. The third kappa shape index (κ3) is 3.14. The van der Waals surface area contributed by atoms with Gasteiger partial charge in [-0.1, -0.05) is 56.5 Å². The van der Waals surface area contributed by atoms with E-state index in [1.807, 2.05) is 0 Å². The number of aryl methyl sites for hydroxylation is 1. The summed E-state index contributed by atoms with van der Waals surface area (Å²) in [6, 6.07) is 8.94. The van der Waals surface area contributed by atoms with Crippen LogP contribution in [0.4, 0.5) is 0 Å². The number of piperidine rings is 1. The lowest BCUT2D eigenvalue weighted by Gasteiger charge is -2.41. The highest BCUT2D eigenvalue weighted by Crippen LogP contribution is 2.38. The van der Waals surface area contributed by atoms with Crippen LogP contribution in [0, 0.1) is 12.3 Å². The average molecular weight is 245 g/mol. The van der Waals surface area contributed by atoms with Crippen LogP contribution in [-0.4, -0.2) is 18.0 Å². The van der Waals surface area contributed by atoms with Gasteiger partial charge in [0.1, 0.15) is 0 Å².